The van der Waals surface area contributed by atoms with Crippen LogP contribution in [0.2, 0.25) is 0 Å². The molecule has 3 atom stereocenters. The van der Waals surface area contributed by atoms with Crippen molar-refractivity contribution in [1.29, 1.82) is 0 Å². The standard InChI is InChI=1S/C23H31FN2O3S/c1-3-30-13-12-26-11-9-16(20(15-26)23(27)28)4-6-21(24)18-8-10-25-22-7-5-17(29-2)14-19(18)22/h5,7-8,10,14,16,20-21H,3-4,6,9,11-13,15H2,1-2H3,(H,27,28)/t16-,20+,21?/m1/s1. The number of piperidine rings is 1. The molecule has 0 aliphatic carbocycles. The Bertz CT molecular complexity index is 850. The third-order valence-electron chi connectivity index (χ3n) is 6.02. The zero-order valence-electron chi connectivity index (χ0n) is 17.7. The molecule has 2 aromatic rings. The number of methoxy groups -OCH3 is 1. The van der Waals surface area contributed by atoms with Crippen molar-refractivity contribution in [2.45, 2.75) is 32.4 Å². The first kappa shape index (κ1) is 22.8. The first-order valence-corrected chi connectivity index (χ1v) is 11.8. The molecule has 1 saturated heterocycles. The zero-order valence-corrected chi connectivity index (χ0v) is 18.5. The fourth-order valence-corrected chi connectivity index (χ4v) is 4.97. The maximum atomic E-state index is 15.2. The molecule has 1 aliphatic heterocycles. The van der Waals surface area contributed by atoms with Gasteiger partial charge in [0.15, 0.2) is 0 Å². The highest BCUT2D eigenvalue weighted by atomic mass is 32.2. The van der Waals surface area contributed by atoms with Gasteiger partial charge in [-0.2, -0.15) is 11.8 Å². The molecule has 1 aromatic carbocycles. The Morgan fingerprint density at radius 3 is 3.00 bits per heavy atom. The van der Waals surface area contributed by atoms with Crippen molar-refractivity contribution in [3.8, 4) is 5.75 Å². The average molecular weight is 435 g/mol. The highest BCUT2D eigenvalue weighted by Gasteiger charge is 2.34. The number of alkyl halides is 1. The number of aliphatic carboxylic acids is 1. The lowest BCUT2D eigenvalue weighted by molar-refractivity contribution is -0.146. The van der Waals surface area contributed by atoms with Gasteiger partial charge in [-0.15, -0.1) is 0 Å². The molecule has 0 amide bonds. The van der Waals surface area contributed by atoms with Crippen LogP contribution in [0.1, 0.15) is 37.9 Å². The predicted octanol–water partition coefficient (Wildman–Crippen LogP) is 4.81. The van der Waals surface area contributed by atoms with Gasteiger partial charge in [0.25, 0.3) is 0 Å². The van der Waals surface area contributed by atoms with Gasteiger partial charge in [-0.3, -0.25) is 9.78 Å². The van der Waals surface area contributed by atoms with Crippen molar-refractivity contribution < 1.29 is 19.0 Å². The number of hydrogen-bond acceptors (Lipinski definition) is 5. The molecule has 30 heavy (non-hydrogen) atoms. The molecule has 0 bridgehead atoms. The van der Waals surface area contributed by atoms with Crippen LogP contribution < -0.4 is 4.74 Å². The summed E-state index contributed by atoms with van der Waals surface area (Å²) < 4.78 is 20.5. The second-order valence-electron chi connectivity index (χ2n) is 7.82. The smallest absolute Gasteiger partial charge is 0.308 e. The molecule has 0 saturated carbocycles. The lowest BCUT2D eigenvalue weighted by Gasteiger charge is -2.36. The number of ether oxygens (including phenoxy) is 1. The van der Waals surface area contributed by atoms with E-state index in [0.29, 0.717) is 30.7 Å². The van der Waals surface area contributed by atoms with Crippen LogP contribution >= 0.6 is 11.8 Å². The number of nitrogens with zero attached hydrogens (tertiary/aromatic N) is 2. The largest absolute Gasteiger partial charge is 0.497 e. The van der Waals surface area contributed by atoms with E-state index in [4.69, 9.17) is 4.74 Å². The molecular formula is C23H31FN2O3S. The van der Waals surface area contributed by atoms with Crippen molar-refractivity contribution in [2.24, 2.45) is 11.8 Å². The van der Waals surface area contributed by atoms with Gasteiger partial charge in [0.2, 0.25) is 0 Å². The summed E-state index contributed by atoms with van der Waals surface area (Å²) in [6.45, 7) is 4.51. The molecule has 1 N–H and O–H groups in total. The molecule has 1 unspecified atom stereocenters. The third kappa shape index (κ3) is 5.64. The van der Waals surface area contributed by atoms with Gasteiger partial charge in [-0.25, -0.2) is 4.39 Å². The summed E-state index contributed by atoms with van der Waals surface area (Å²) in [5.74, 6) is 1.60. The number of carbonyl (C=O) groups is 1. The summed E-state index contributed by atoms with van der Waals surface area (Å²) in [6.07, 6.45) is 2.17. The zero-order chi connectivity index (χ0) is 21.5. The van der Waals surface area contributed by atoms with E-state index < -0.39 is 18.1 Å². The second-order valence-corrected chi connectivity index (χ2v) is 9.21. The lowest BCUT2D eigenvalue weighted by Crippen LogP contribution is -2.44. The summed E-state index contributed by atoms with van der Waals surface area (Å²) in [4.78, 5) is 18.4. The first-order valence-electron chi connectivity index (χ1n) is 10.6. The van der Waals surface area contributed by atoms with E-state index in [9.17, 15) is 9.90 Å². The Balaban J connectivity index is 1.64. The maximum Gasteiger partial charge on any atom is 0.308 e. The minimum Gasteiger partial charge on any atom is -0.497 e. The molecule has 1 aromatic heterocycles. The molecule has 3 rings (SSSR count). The number of carboxylic acid groups (broad SMARTS) is 1. The topological polar surface area (TPSA) is 62.7 Å². The number of carboxylic acids is 1. The van der Waals surface area contributed by atoms with Crippen LogP contribution in [0.25, 0.3) is 10.9 Å². The molecule has 0 radical (unpaired) electrons. The van der Waals surface area contributed by atoms with Crippen LogP contribution in [0.4, 0.5) is 4.39 Å². The Labute approximate surface area is 182 Å². The van der Waals surface area contributed by atoms with E-state index in [-0.39, 0.29) is 5.92 Å². The van der Waals surface area contributed by atoms with Gasteiger partial charge in [0.05, 0.1) is 18.5 Å². The highest BCUT2D eigenvalue weighted by molar-refractivity contribution is 7.99. The first-order chi connectivity index (χ1) is 14.5. The molecule has 0 spiro atoms. The summed E-state index contributed by atoms with van der Waals surface area (Å²) in [7, 11) is 1.59. The van der Waals surface area contributed by atoms with Gasteiger partial charge in [-0.1, -0.05) is 6.92 Å². The number of thioether (sulfide) groups is 1. The SMILES string of the molecule is CCSCCN1CC[C@@H](CCC(F)c2ccnc3ccc(OC)cc23)[C@@H](C(=O)O)C1. The number of benzene rings is 1. The van der Waals surface area contributed by atoms with Crippen LogP contribution in [0.5, 0.6) is 5.75 Å². The van der Waals surface area contributed by atoms with Crippen LogP contribution in [-0.4, -0.2) is 59.2 Å². The molecule has 1 aliphatic rings. The van der Waals surface area contributed by atoms with E-state index in [2.05, 4.69) is 16.8 Å². The molecule has 1 fully saturated rings. The minimum atomic E-state index is -1.16. The van der Waals surface area contributed by atoms with Gasteiger partial charge in [-0.05, 0) is 67.3 Å². The maximum absolute atomic E-state index is 15.2. The molecule has 2 heterocycles. The molecule has 5 nitrogen and oxygen atoms in total. The van der Waals surface area contributed by atoms with Crippen molar-refractivity contribution in [2.75, 3.05) is 38.2 Å². The van der Waals surface area contributed by atoms with Gasteiger partial charge in [0, 0.05) is 30.4 Å². The van der Waals surface area contributed by atoms with Crippen molar-refractivity contribution in [3.05, 3.63) is 36.0 Å². The third-order valence-corrected chi connectivity index (χ3v) is 6.90. The van der Waals surface area contributed by atoms with Crippen LogP contribution in [0.15, 0.2) is 30.5 Å². The summed E-state index contributed by atoms with van der Waals surface area (Å²) >= 11 is 1.87. The second kappa shape index (κ2) is 11.0. The normalized spacial score (nSPS) is 20.9. The quantitative estimate of drug-likeness (QED) is 0.542. The van der Waals surface area contributed by atoms with Gasteiger partial charge < -0.3 is 14.7 Å². The Morgan fingerprint density at radius 2 is 2.27 bits per heavy atom. The van der Waals surface area contributed by atoms with Crippen LogP contribution in [0.3, 0.4) is 0 Å². The van der Waals surface area contributed by atoms with Gasteiger partial charge in [0.1, 0.15) is 11.9 Å². The lowest BCUT2D eigenvalue weighted by atomic mass is 9.81. The van der Waals surface area contributed by atoms with Crippen molar-refractivity contribution in [1.82, 2.24) is 9.88 Å². The van der Waals surface area contributed by atoms with Crippen LogP contribution in [0, 0.1) is 11.8 Å². The molecule has 164 valence electrons. The Kier molecular flexibility index (Phi) is 8.33. The number of rotatable bonds is 10. The molecule has 7 heteroatoms. The average Bonchev–Trinajstić information content (AvgIpc) is 2.77. The van der Waals surface area contributed by atoms with Crippen LogP contribution in [-0.2, 0) is 4.79 Å². The predicted molar refractivity (Wildman–Crippen MR) is 120 cm³/mol. The van der Waals surface area contributed by atoms with Crippen molar-refractivity contribution >= 4 is 28.6 Å². The van der Waals surface area contributed by atoms with E-state index >= 15 is 4.39 Å². The monoisotopic (exact) mass is 434 g/mol. The Morgan fingerprint density at radius 1 is 1.43 bits per heavy atom. The number of aromatic nitrogens is 1. The number of hydrogen-bond donors (Lipinski definition) is 1. The minimum absolute atomic E-state index is 0.0125. The van der Waals surface area contributed by atoms with Crippen molar-refractivity contribution in [3.63, 3.8) is 0 Å². The summed E-state index contributed by atoms with van der Waals surface area (Å²) in [5.41, 5.74) is 1.33. The van der Waals surface area contributed by atoms with E-state index in [1.165, 1.54) is 0 Å². The highest BCUT2D eigenvalue weighted by Crippen LogP contribution is 2.35. The van der Waals surface area contributed by atoms with E-state index in [0.717, 1.165) is 41.9 Å². The number of fused-ring (bicyclic) bond motifs is 1. The molecular weight excluding hydrogens is 403 g/mol. The fraction of sp³-hybridized carbons (Fsp3) is 0.565. The summed E-state index contributed by atoms with van der Waals surface area (Å²) in [5, 5.41) is 10.5. The summed E-state index contributed by atoms with van der Waals surface area (Å²) in [6, 6.07) is 7.18. The number of halogens is 1. The van der Waals surface area contributed by atoms with E-state index in [1.807, 2.05) is 30.0 Å². The van der Waals surface area contributed by atoms with Gasteiger partial charge >= 0.3 is 5.97 Å². The Hall–Kier alpha value is -1.86. The number of likely N-dealkylation sites (tertiary alicyclic amines) is 1. The van der Waals surface area contributed by atoms with E-state index in [1.54, 1.807) is 19.4 Å². The number of pyridine rings is 1. The fourth-order valence-electron chi connectivity index (χ4n) is 4.30.